The summed E-state index contributed by atoms with van der Waals surface area (Å²) in [4.78, 5) is 0. The van der Waals surface area contributed by atoms with Crippen molar-refractivity contribution in [3.8, 4) is 5.75 Å². The van der Waals surface area contributed by atoms with Gasteiger partial charge in [-0.2, -0.15) is 0 Å². The van der Waals surface area contributed by atoms with Crippen molar-refractivity contribution in [1.82, 2.24) is 0 Å². The molecule has 2 nitrogen and oxygen atoms in total. The molecule has 0 radical (unpaired) electrons. The van der Waals surface area contributed by atoms with E-state index in [1.165, 1.54) is 0 Å². The number of aryl methyl sites for hydroxylation is 1. The van der Waals surface area contributed by atoms with E-state index in [0.29, 0.717) is 6.61 Å². The van der Waals surface area contributed by atoms with Crippen molar-refractivity contribution in [2.75, 3.05) is 6.61 Å². The summed E-state index contributed by atoms with van der Waals surface area (Å²) in [5, 5.41) is 10.5. The standard InChI is InChI=1S/C16H17BrO2/c1-3-19-15-6-4-5-12(10-15)16(18)13-7-11(2)8-14(17)9-13/h4-10,16,18H,3H2,1-2H3. The Labute approximate surface area is 122 Å². The van der Waals surface area contributed by atoms with Gasteiger partial charge in [0.2, 0.25) is 0 Å². The van der Waals surface area contributed by atoms with Crippen LogP contribution in [0.25, 0.3) is 0 Å². The molecule has 0 saturated heterocycles. The second-order valence-electron chi connectivity index (χ2n) is 4.47. The summed E-state index contributed by atoms with van der Waals surface area (Å²) in [6, 6.07) is 13.5. The summed E-state index contributed by atoms with van der Waals surface area (Å²) in [5.41, 5.74) is 2.83. The van der Waals surface area contributed by atoms with Crippen LogP contribution >= 0.6 is 15.9 Å². The highest BCUT2D eigenvalue weighted by Crippen LogP contribution is 2.27. The average molecular weight is 321 g/mol. The van der Waals surface area contributed by atoms with Crippen LogP contribution in [0.2, 0.25) is 0 Å². The zero-order chi connectivity index (χ0) is 13.8. The molecule has 0 aliphatic rings. The molecule has 0 heterocycles. The molecule has 100 valence electrons. The van der Waals surface area contributed by atoms with Gasteiger partial charge in [-0.05, 0) is 54.8 Å². The van der Waals surface area contributed by atoms with Crippen LogP contribution in [-0.4, -0.2) is 11.7 Å². The predicted octanol–water partition coefficient (Wildman–Crippen LogP) is 4.24. The Morgan fingerprint density at radius 2 is 1.95 bits per heavy atom. The fraction of sp³-hybridized carbons (Fsp3) is 0.250. The smallest absolute Gasteiger partial charge is 0.119 e. The third-order valence-corrected chi connectivity index (χ3v) is 3.32. The van der Waals surface area contributed by atoms with E-state index in [1.807, 2.05) is 56.3 Å². The Morgan fingerprint density at radius 3 is 2.63 bits per heavy atom. The summed E-state index contributed by atoms with van der Waals surface area (Å²) in [6.45, 7) is 4.58. The maximum atomic E-state index is 10.5. The first kappa shape index (κ1) is 14.1. The van der Waals surface area contributed by atoms with Crippen molar-refractivity contribution >= 4 is 15.9 Å². The van der Waals surface area contributed by atoms with Gasteiger partial charge in [-0.1, -0.05) is 34.1 Å². The number of aliphatic hydroxyl groups excluding tert-OH is 1. The van der Waals surface area contributed by atoms with E-state index in [0.717, 1.165) is 26.9 Å². The summed E-state index contributed by atoms with van der Waals surface area (Å²) < 4.78 is 6.43. The molecular formula is C16H17BrO2. The van der Waals surface area contributed by atoms with Crippen LogP contribution in [0, 0.1) is 6.92 Å². The van der Waals surface area contributed by atoms with E-state index >= 15 is 0 Å². The van der Waals surface area contributed by atoms with Gasteiger partial charge in [-0.3, -0.25) is 0 Å². The summed E-state index contributed by atoms with van der Waals surface area (Å²) in [5.74, 6) is 0.783. The summed E-state index contributed by atoms with van der Waals surface area (Å²) >= 11 is 3.46. The number of rotatable bonds is 4. The molecule has 0 bridgehead atoms. The third kappa shape index (κ3) is 3.58. The second kappa shape index (κ2) is 6.22. The third-order valence-electron chi connectivity index (χ3n) is 2.87. The molecule has 2 aromatic carbocycles. The first-order valence-electron chi connectivity index (χ1n) is 6.28. The molecular weight excluding hydrogens is 304 g/mol. The molecule has 1 atom stereocenters. The number of hydrogen-bond acceptors (Lipinski definition) is 2. The zero-order valence-electron chi connectivity index (χ0n) is 11.1. The van der Waals surface area contributed by atoms with Gasteiger partial charge in [0.25, 0.3) is 0 Å². The molecule has 2 rings (SSSR count). The molecule has 0 amide bonds. The van der Waals surface area contributed by atoms with E-state index in [1.54, 1.807) is 0 Å². The normalized spacial score (nSPS) is 12.2. The molecule has 1 N–H and O–H groups in total. The van der Waals surface area contributed by atoms with E-state index in [9.17, 15) is 5.11 Å². The molecule has 0 aliphatic heterocycles. The first-order chi connectivity index (χ1) is 9.10. The van der Waals surface area contributed by atoms with E-state index < -0.39 is 6.10 Å². The van der Waals surface area contributed by atoms with Crippen molar-refractivity contribution in [1.29, 1.82) is 0 Å². The molecule has 0 spiro atoms. The number of hydrogen-bond donors (Lipinski definition) is 1. The van der Waals surface area contributed by atoms with Gasteiger partial charge < -0.3 is 9.84 Å². The Hall–Kier alpha value is -1.32. The fourth-order valence-electron chi connectivity index (χ4n) is 2.06. The van der Waals surface area contributed by atoms with Crippen LogP contribution in [0.3, 0.4) is 0 Å². The molecule has 0 aliphatic carbocycles. The number of halogens is 1. The zero-order valence-corrected chi connectivity index (χ0v) is 12.6. The minimum atomic E-state index is -0.642. The maximum absolute atomic E-state index is 10.5. The SMILES string of the molecule is CCOc1cccc(C(O)c2cc(C)cc(Br)c2)c1. The average Bonchev–Trinajstić information content (AvgIpc) is 2.37. The Morgan fingerprint density at radius 1 is 1.16 bits per heavy atom. The van der Waals surface area contributed by atoms with Gasteiger partial charge in [0.1, 0.15) is 11.9 Å². The van der Waals surface area contributed by atoms with Crippen molar-refractivity contribution < 1.29 is 9.84 Å². The van der Waals surface area contributed by atoms with Crippen LogP contribution < -0.4 is 4.74 Å². The molecule has 19 heavy (non-hydrogen) atoms. The number of ether oxygens (including phenoxy) is 1. The Bertz CT molecular complexity index is 546. The van der Waals surface area contributed by atoms with Crippen molar-refractivity contribution in [2.45, 2.75) is 20.0 Å². The molecule has 2 aromatic rings. The van der Waals surface area contributed by atoms with Gasteiger partial charge in [0.15, 0.2) is 0 Å². The molecule has 3 heteroatoms. The van der Waals surface area contributed by atoms with Crippen molar-refractivity contribution in [3.63, 3.8) is 0 Å². The minimum absolute atomic E-state index is 0.621. The lowest BCUT2D eigenvalue weighted by Gasteiger charge is -2.14. The van der Waals surface area contributed by atoms with Gasteiger partial charge in [-0.15, -0.1) is 0 Å². The highest BCUT2D eigenvalue weighted by atomic mass is 79.9. The topological polar surface area (TPSA) is 29.5 Å². The Balaban J connectivity index is 2.32. The molecule has 1 unspecified atom stereocenters. The molecule has 0 saturated carbocycles. The lowest BCUT2D eigenvalue weighted by Crippen LogP contribution is -2.01. The Kier molecular flexibility index (Phi) is 4.61. The van der Waals surface area contributed by atoms with Gasteiger partial charge >= 0.3 is 0 Å². The number of aliphatic hydroxyl groups is 1. The van der Waals surface area contributed by atoms with Crippen LogP contribution in [0.5, 0.6) is 5.75 Å². The first-order valence-corrected chi connectivity index (χ1v) is 7.07. The minimum Gasteiger partial charge on any atom is -0.494 e. The monoisotopic (exact) mass is 320 g/mol. The highest BCUT2D eigenvalue weighted by molar-refractivity contribution is 9.10. The fourth-order valence-corrected chi connectivity index (χ4v) is 2.68. The summed E-state index contributed by atoms with van der Waals surface area (Å²) in [7, 11) is 0. The van der Waals surface area contributed by atoms with Crippen LogP contribution in [0.4, 0.5) is 0 Å². The van der Waals surface area contributed by atoms with Crippen molar-refractivity contribution in [2.24, 2.45) is 0 Å². The molecule has 0 fully saturated rings. The molecule has 0 aromatic heterocycles. The maximum Gasteiger partial charge on any atom is 0.119 e. The largest absolute Gasteiger partial charge is 0.494 e. The predicted molar refractivity (Wildman–Crippen MR) is 80.6 cm³/mol. The van der Waals surface area contributed by atoms with Crippen LogP contribution in [0.1, 0.15) is 29.7 Å². The van der Waals surface area contributed by atoms with Crippen LogP contribution in [0.15, 0.2) is 46.9 Å². The van der Waals surface area contributed by atoms with Crippen LogP contribution in [-0.2, 0) is 0 Å². The lowest BCUT2D eigenvalue weighted by atomic mass is 10.00. The van der Waals surface area contributed by atoms with Gasteiger partial charge in [0, 0.05) is 4.47 Å². The van der Waals surface area contributed by atoms with Gasteiger partial charge in [0.05, 0.1) is 6.61 Å². The van der Waals surface area contributed by atoms with Gasteiger partial charge in [-0.25, -0.2) is 0 Å². The second-order valence-corrected chi connectivity index (χ2v) is 5.39. The summed E-state index contributed by atoms with van der Waals surface area (Å²) in [6.07, 6.45) is -0.642. The number of benzene rings is 2. The highest BCUT2D eigenvalue weighted by Gasteiger charge is 2.12. The lowest BCUT2D eigenvalue weighted by molar-refractivity contribution is 0.219. The quantitative estimate of drug-likeness (QED) is 0.913. The van der Waals surface area contributed by atoms with E-state index in [-0.39, 0.29) is 0 Å². The van der Waals surface area contributed by atoms with Crippen molar-refractivity contribution in [3.05, 3.63) is 63.6 Å². The van der Waals surface area contributed by atoms with E-state index in [2.05, 4.69) is 15.9 Å². The van der Waals surface area contributed by atoms with E-state index in [4.69, 9.17) is 4.74 Å².